The van der Waals surface area contributed by atoms with Crippen LogP contribution < -0.4 is 11.3 Å². The normalized spacial score (nSPS) is 12.1. The zero-order chi connectivity index (χ0) is 11.8. The van der Waals surface area contributed by atoms with Gasteiger partial charge in [-0.2, -0.15) is 0 Å². The summed E-state index contributed by atoms with van der Waals surface area (Å²) in [6.45, 7) is 0. The Balaban J connectivity index is 2.37. The monoisotopic (exact) mass is 238 g/mol. The lowest BCUT2D eigenvalue weighted by atomic mass is 10.2. The molecule has 1 aromatic carbocycles. The number of hydrazine groups is 1. The number of thioether (sulfide) groups is 1. The highest BCUT2D eigenvalue weighted by atomic mass is 32.2. The van der Waals surface area contributed by atoms with E-state index in [-0.39, 0.29) is 11.9 Å². The molecule has 0 saturated heterocycles. The second-order valence-corrected chi connectivity index (χ2v) is 4.46. The fourth-order valence-electron chi connectivity index (χ4n) is 1.20. The summed E-state index contributed by atoms with van der Waals surface area (Å²) < 4.78 is 12.7. The van der Waals surface area contributed by atoms with E-state index in [9.17, 15) is 4.39 Å². The first kappa shape index (κ1) is 13.0. The molecule has 0 fully saturated rings. The number of terminal acetylenes is 1. The van der Waals surface area contributed by atoms with Gasteiger partial charge in [-0.1, -0.05) is 0 Å². The third kappa shape index (κ3) is 4.67. The van der Waals surface area contributed by atoms with Crippen molar-refractivity contribution >= 4 is 11.8 Å². The summed E-state index contributed by atoms with van der Waals surface area (Å²) in [6.07, 6.45) is 6.74. The summed E-state index contributed by atoms with van der Waals surface area (Å²) in [4.78, 5) is 1.03. The first-order valence-electron chi connectivity index (χ1n) is 5.04. The summed E-state index contributed by atoms with van der Waals surface area (Å²) in [6, 6.07) is 6.61. The SMILES string of the molecule is C#CCCC(CSc1ccc(F)cc1)NN. The minimum absolute atomic E-state index is 0.186. The highest BCUT2D eigenvalue weighted by molar-refractivity contribution is 7.99. The van der Waals surface area contributed by atoms with E-state index in [1.54, 1.807) is 23.9 Å². The van der Waals surface area contributed by atoms with Crippen molar-refractivity contribution in [2.24, 2.45) is 5.84 Å². The van der Waals surface area contributed by atoms with E-state index in [0.717, 1.165) is 17.1 Å². The molecule has 0 amide bonds. The van der Waals surface area contributed by atoms with E-state index in [2.05, 4.69) is 11.3 Å². The zero-order valence-electron chi connectivity index (χ0n) is 8.95. The molecule has 0 aliphatic heterocycles. The van der Waals surface area contributed by atoms with Gasteiger partial charge in [0, 0.05) is 23.1 Å². The summed E-state index contributed by atoms with van der Waals surface area (Å²) in [7, 11) is 0. The van der Waals surface area contributed by atoms with Crippen molar-refractivity contribution in [1.29, 1.82) is 0 Å². The maximum absolute atomic E-state index is 12.7. The van der Waals surface area contributed by atoms with Crippen molar-refractivity contribution in [3.05, 3.63) is 30.1 Å². The molecule has 4 heteroatoms. The molecular weight excluding hydrogens is 223 g/mol. The molecule has 0 bridgehead atoms. The van der Waals surface area contributed by atoms with Gasteiger partial charge in [-0.25, -0.2) is 4.39 Å². The Kier molecular flexibility index (Phi) is 5.94. The van der Waals surface area contributed by atoms with Crippen LogP contribution in [0.5, 0.6) is 0 Å². The van der Waals surface area contributed by atoms with Gasteiger partial charge in [0.1, 0.15) is 5.82 Å². The number of hydrogen-bond donors (Lipinski definition) is 2. The Labute approximate surface area is 99.8 Å². The van der Waals surface area contributed by atoms with Crippen LogP contribution in [0.3, 0.4) is 0 Å². The molecule has 2 nitrogen and oxygen atoms in total. The molecule has 3 N–H and O–H groups in total. The minimum atomic E-state index is -0.217. The second-order valence-electron chi connectivity index (χ2n) is 3.37. The Bertz CT molecular complexity index is 345. The molecule has 16 heavy (non-hydrogen) atoms. The van der Waals surface area contributed by atoms with Crippen molar-refractivity contribution in [1.82, 2.24) is 5.43 Å². The molecule has 0 radical (unpaired) electrons. The van der Waals surface area contributed by atoms with Crippen molar-refractivity contribution in [3.63, 3.8) is 0 Å². The van der Waals surface area contributed by atoms with Gasteiger partial charge in [0.05, 0.1) is 0 Å². The van der Waals surface area contributed by atoms with Crippen molar-refractivity contribution in [3.8, 4) is 12.3 Å². The van der Waals surface area contributed by atoms with Crippen LogP contribution in [0, 0.1) is 18.2 Å². The number of nitrogens with one attached hydrogen (secondary N) is 1. The summed E-state index contributed by atoms with van der Waals surface area (Å²) in [5.41, 5.74) is 2.73. The molecule has 0 heterocycles. The fourth-order valence-corrected chi connectivity index (χ4v) is 2.19. The van der Waals surface area contributed by atoms with Gasteiger partial charge in [0.25, 0.3) is 0 Å². The van der Waals surface area contributed by atoms with E-state index in [1.807, 2.05) is 0 Å². The summed E-state index contributed by atoms with van der Waals surface area (Å²) in [5.74, 6) is 8.60. The molecule has 0 aliphatic carbocycles. The minimum Gasteiger partial charge on any atom is -0.271 e. The van der Waals surface area contributed by atoms with E-state index >= 15 is 0 Å². The van der Waals surface area contributed by atoms with Crippen molar-refractivity contribution in [2.75, 3.05) is 5.75 Å². The smallest absolute Gasteiger partial charge is 0.123 e. The summed E-state index contributed by atoms with van der Waals surface area (Å²) in [5, 5.41) is 0. The van der Waals surface area contributed by atoms with Crippen LogP contribution in [0.15, 0.2) is 29.2 Å². The van der Waals surface area contributed by atoms with Gasteiger partial charge in [-0.15, -0.1) is 24.1 Å². The van der Waals surface area contributed by atoms with Crippen LogP contribution in [0.25, 0.3) is 0 Å². The Morgan fingerprint density at radius 1 is 1.44 bits per heavy atom. The average molecular weight is 238 g/mol. The molecule has 0 saturated carbocycles. The first-order valence-corrected chi connectivity index (χ1v) is 6.02. The second kappa shape index (κ2) is 7.29. The average Bonchev–Trinajstić information content (AvgIpc) is 2.32. The van der Waals surface area contributed by atoms with Gasteiger partial charge in [-0.3, -0.25) is 11.3 Å². The van der Waals surface area contributed by atoms with Crippen LogP contribution in [-0.4, -0.2) is 11.8 Å². The van der Waals surface area contributed by atoms with Crippen LogP contribution in [0.1, 0.15) is 12.8 Å². The molecule has 0 aromatic heterocycles. The zero-order valence-corrected chi connectivity index (χ0v) is 9.77. The fraction of sp³-hybridized carbons (Fsp3) is 0.333. The van der Waals surface area contributed by atoms with Crippen LogP contribution in [0.4, 0.5) is 4.39 Å². The van der Waals surface area contributed by atoms with Gasteiger partial charge in [0.2, 0.25) is 0 Å². The van der Waals surface area contributed by atoms with Gasteiger partial charge >= 0.3 is 0 Å². The Morgan fingerprint density at radius 3 is 2.69 bits per heavy atom. The lowest BCUT2D eigenvalue weighted by Crippen LogP contribution is -2.36. The topological polar surface area (TPSA) is 38.0 Å². The molecular formula is C12H15FN2S. The predicted molar refractivity (Wildman–Crippen MR) is 66.3 cm³/mol. The van der Waals surface area contributed by atoms with E-state index in [1.165, 1.54) is 12.1 Å². The Morgan fingerprint density at radius 2 is 2.12 bits per heavy atom. The first-order chi connectivity index (χ1) is 7.76. The third-order valence-electron chi connectivity index (χ3n) is 2.14. The van der Waals surface area contributed by atoms with E-state index in [0.29, 0.717) is 6.42 Å². The number of halogens is 1. The van der Waals surface area contributed by atoms with Gasteiger partial charge in [0.15, 0.2) is 0 Å². The number of rotatable bonds is 6. The van der Waals surface area contributed by atoms with E-state index < -0.39 is 0 Å². The van der Waals surface area contributed by atoms with Gasteiger partial charge in [-0.05, 0) is 30.7 Å². The molecule has 0 aliphatic rings. The molecule has 1 rings (SSSR count). The maximum atomic E-state index is 12.7. The Hall–Kier alpha value is -1.02. The lowest BCUT2D eigenvalue weighted by Gasteiger charge is -2.13. The molecule has 0 spiro atoms. The number of hydrogen-bond acceptors (Lipinski definition) is 3. The highest BCUT2D eigenvalue weighted by Crippen LogP contribution is 2.19. The highest BCUT2D eigenvalue weighted by Gasteiger charge is 2.06. The van der Waals surface area contributed by atoms with Crippen LogP contribution >= 0.6 is 11.8 Å². The number of benzene rings is 1. The van der Waals surface area contributed by atoms with Gasteiger partial charge < -0.3 is 0 Å². The van der Waals surface area contributed by atoms with Crippen molar-refractivity contribution < 1.29 is 4.39 Å². The summed E-state index contributed by atoms with van der Waals surface area (Å²) >= 11 is 1.63. The van der Waals surface area contributed by atoms with Crippen LogP contribution in [0.2, 0.25) is 0 Å². The molecule has 1 aromatic rings. The maximum Gasteiger partial charge on any atom is 0.123 e. The van der Waals surface area contributed by atoms with Crippen molar-refractivity contribution in [2.45, 2.75) is 23.8 Å². The van der Waals surface area contributed by atoms with E-state index in [4.69, 9.17) is 12.3 Å². The number of nitrogens with two attached hydrogens (primary N) is 1. The molecule has 1 atom stereocenters. The standard InChI is InChI=1S/C12H15FN2S/c1-2-3-4-11(15-14)9-16-12-7-5-10(13)6-8-12/h1,5-8,11,15H,3-4,9,14H2. The predicted octanol–water partition coefficient (Wildman–Crippen LogP) is 2.16. The largest absolute Gasteiger partial charge is 0.271 e. The third-order valence-corrected chi connectivity index (χ3v) is 3.31. The van der Waals surface area contributed by atoms with Crippen LogP contribution in [-0.2, 0) is 0 Å². The lowest BCUT2D eigenvalue weighted by molar-refractivity contribution is 0.547. The quantitative estimate of drug-likeness (QED) is 0.345. The molecule has 86 valence electrons. The molecule has 1 unspecified atom stereocenters.